The van der Waals surface area contributed by atoms with Crippen molar-refractivity contribution < 1.29 is 4.79 Å². The number of rotatable bonds is 2. The highest BCUT2D eigenvalue weighted by Crippen LogP contribution is 2.17. The topological polar surface area (TPSA) is 41.1 Å². The highest BCUT2D eigenvalue weighted by atomic mass is 16.2. The molecule has 1 saturated heterocycles. The van der Waals surface area contributed by atoms with E-state index in [4.69, 9.17) is 0 Å². The molecule has 0 aliphatic carbocycles. The summed E-state index contributed by atoms with van der Waals surface area (Å²) < 4.78 is 0. The van der Waals surface area contributed by atoms with E-state index in [1.165, 1.54) is 0 Å². The van der Waals surface area contributed by atoms with E-state index in [-0.39, 0.29) is 17.5 Å². The summed E-state index contributed by atoms with van der Waals surface area (Å²) in [5.74, 6) is 0.118. The Hall–Kier alpha value is -0.570. The molecule has 1 rings (SSSR count). The largest absolute Gasteiger partial charge is 0.353 e. The Bertz CT molecular complexity index is 175. The molecule has 0 spiro atoms. The fraction of sp³-hybridized carbons (Fsp3) is 0.889. The van der Waals surface area contributed by atoms with Crippen LogP contribution in [0.5, 0.6) is 0 Å². The quantitative estimate of drug-likeness (QED) is 0.639. The molecule has 0 aromatic rings. The number of hydrogen-bond donors (Lipinski definition) is 2. The van der Waals surface area contributed by atoms with Gasteiger partial charge < -0.3 is 5.32 Å². The number of amides is 1. The molecule has 2 N–H and O–H groups in total. The summed E-state index contributed by atoms with van der Waals surface area (Å²) in [4.78, 5) is 11.1. The maximum Gasteiger partial charge on any atom is 0.236 e. The molecule has 0 saturated carbocycles. The molecule has 0 aromatic carbocycles. The standard InChI is InChI=1S/C9H18N2O/c1-4-9(5-2)6-10-8(12)7(3)11-9/h7,11H,4-6H2,1-3H3,(H,10,12)/t7-/m0/s1. The molecule has 1 heterocycles. The van der Waals surface area contributed by atoms with Gasteiger partial charge in [0.25, 0.3) is 0 Å². The van der Waals surface area contributed by atoms with Crippen molar-refractivity contribution in [3.63, 3.8) is 0 Å². The Kier molecular flexibility index (Phi) is 2.73. The van der Waals surface area contributed by atoms with Gasteiger partial charge in [0, 0.05) is 12.1 Å². The summed E-state index contributed by atoms with van der Waals surface area (Å²) in [6.45, 7) is 6.99. The Labute approximate surface area is 73.9 Å². The Morgan fingerprint density at radius 2 is 2.08 bits per heavy atom. The smallest absolute Gasteiger partial charge is 0.236 e. The molecule has 3 nitrogen and oxygen atoms in total. The van der Waals surface area contributed by atoms with Gasteiger partial charge in [0.15, 0.2) is 0 Å². The van der Waals surface area contributed by atoms with E-state index in [0.717, 1.165) is 19.4 Å². The van der Waals surface area contributed by atoms with Crippen molar-refractivity contribution in [3.8, 4) is 0 Å². The minimum atomic E-state index is -0.0429. The summed E-state index contributed by atoms with van der Waals surface area (Å²) in [6, 6.07) is -0.0429. The van der Waals surface area contributed by atoms with E-state index in [0.29, 0.717) is 0 Å². The fourth-order valence-corrected chi connectivity index (χ4v) is 1.69. The van der Waals surface area contributed by atoms with E-state index in [1.807, 2.05) is 6.92 Å². The lowest BCUT2D eigenvalue weighted by Gasteiger charge is -2.40. The molecule has 1 aliphatic rings. The predicted molar refractivity (Wildman–Crippen MR) is 48.9 cm³/mol. The lowest BCUT2D eigenvalue weighted by atomic mass is 9.89. The van der Waals surface area contributed by atoms with Gasteiger partial charge in [-0.1, -0.05) is 13.8 Å². The van der Waals surface area contributed by atoms with E-state index < -0.39 is 0 Å². The van der Waals surface area contributed by atoms with Crippen molar-refractivity contribution in [2.75, 3.05) is 6.54 Å². The van der Waals surface area contributed by atoms with Crippen LogP contribution in [0.4, 0.5) is 0 Å². The highest BCUT2D eigenvalue weighted by molar-refractivity contribution is 5.82. The summed E-state index contributed by atoms with van der Waals surface area (Å²) in [7, 11) is 0. The van der Waals surface area contributed by atoms with Gasteiger partial charge in [-0.15, -0.1) is 0 Å². The van der Waals surface area contributed by atoms with Crippen molar-refractivity contribution in [1.29, 1.82) is 0 Å². The third-order valence-electron chi connectivity index (χ3n) is 2.87. The van der Waals surface area contributed by atoms with Crippen LogP contribution in [0.3, 0.4) is 0 Å². The predicted octanol–water partition coefficient (Wildman–Crippen LogP) is 0.653. The second kappa shape index (κ2) is 3.44. The molecule has 0 bridgehead atoms. The molecule has 12 heavy (non-hydrogen) atoms. The second-order valence-corrected chi connectivity index (χ2v) is 3.57. The van der Waals surface area contributed by atoms with Gasteiger partial charge in [0.2, 0.25) is 5.91 Å². The van der Waals surface area contributed by atoms with Crippen molar-refractivity contribution in [2.24, 2.45) is 0 Å². The lowest BCUT2D eigenvalue weighted by molar-refractivity contribution is -0.125. The third kappa shape index (κ3) is 1.61. The number of piperazine rings is 1. The average Bonchev–Trinajstić information content (AvgIpc) is 2.10. The molecule has 0 radical (unpaired) electrons. The number of nitrogens with one attached hydrogen (secondary N) is 2. The van der Waals surface area contributed by atoms with Crippen LogP contribution in [0, 0.1) is 0 Å². The summed E-state index contributed by atoms with van der Waals surface area (Å²) in [6.07, 6.45) is 2.13. The second-order valence-electron chi connectivity index (χ2n) is 3.57. The van der Waals surface area contributed by atoms with Gasteiger partial charge in [0.1, 0.15) is 0 Å². The van der Waals surface area contributed by atoms with Gasteiger partial charge in [-0.05, 0) is 19.8 Å². The Morgan fingerprint density at radius 1 is 1.50 bits per heavy atom. The molecule has 1 amide bonds. The first-order valence-electron chi connectivity index (χ1n) is 4.69. The van der Waals surface area contributed by atoms with Crippen LogP contribution in [0.2, 0.25) is 0 Å². The minimum Gasteiger partial charge on any atom is -0.353 e. The van der Waals surface area contributed by atoms with Crippen LogP contribution in [-0.2, 0) is 4.79 Å². The summed E-state index contributed by atoms with van der Waals surface area (Å²) in [5.41, 5.74) is 0.132. The first kappa shape index (κ1) is 9.52. The first-order chi connectivity index (χ1) is 5.63. The minimum absolute atomic E-state index is 0.0429. The van der Waals surface area contributed by atoms with Gasteiger partial charge in [-0.3, -0.25) is 10.1 Å². The molecule has 1 fully saturated rings. The number of carbonyl (C=O) groups is 1. The third-order valence-corrected chi connectivity index (χ3v) is 2.87. The Balaban J connectivity index is 2.64. The molecule has 0 unspecified atom stereocenters. The van der Waals surface area contributed by atoms with Gasteiger partial charge in [0.05, 0.1) is 6.04 Å². The van der Waals surface area contributed by atoms with Crippen LogP contribution in [-0.4, -0.2) is 24.0 Å². The molecule has 70 valence electrons. The highest BCUT2D eigenvalue weighted by Gasteiger charge is 2.34. The molecular formula is C9H18N2O. The molecule has 1 aliphatic heterocycles. The van der Waals surface area contributed by atoms with E-state index in [2.05, 4.69) is 24.5 Å². The molecule has 3 heteroatoms. The van der Waals surface area contributed by atoms with Crippen LogP contribution in [0.25, 0.3) is 0 Å². The van der Waals surface area contributed by atoms with Crippen molar-refractivity contribution >= 4 is 5.91 Å². The zero-order valence-corrected chi connectivity index (χ0v) is 8.11. The van der Waals surface area contributed by atoms with Crippen molar-refractivity contribution in [3.05, 3.63) is 0 Å². The zero-order chi connectivity index (χ0) is 9.19. The van der Waals surface area contributed by atoms with Crippen molar-refractivity contribution in [2.45, 2.75) is 45.2 Å². The number of hydrogen-bond acceptors (Lipinski definition) is 2. The maximum atomic E-state index is 11.1. The molecule has 1 atom stereocenters. The van der Waals surface area contributed by atoms with Gasteiger partial charge in [-0.25, -0.2) is 0 Å². The summed E-state index contributed by atoms with van der Waals surface area (Å²) >= 11 is 0. The summed E-state index contributed by atoms with van der Waals surface area (Å²) in [5, 5.41) is 6.29. The number of carbonyl (C=O) groups excluding carboxylic acids is 1. The van der Waals surface area contributed by atoms with Gasteiger partial charge in [-0.2, -0.15) is 0 Å². The molecular weight excluding hydrogens is 152 g/mol. The normalized spacial score (nSPS) is 28.2. The lowest BCUT2D eigenvalue weighted by Crippen LogP contribution is -2.64. The fourth-order valence-electron chi connectivity index (χ4n) is 1.69. The van der Waals surface area contributed by atoms with Gasteiger partial charge >= 0.3 is 0 Å². The van der Waals surface area contributed by atoms with Crippen LogP contribution in [0.1, 0.15) is 33.6 Å². The maximum absolute atomic E-state index is 11.1. The Morgan fingerprint density at radius 3 is 2.50 bits per heavy atom. The molecule has 0 aromatic heterocycles. The van der Waals surface area contributed by atoms with E-state index >= 15 is 0 Å². The average molecular weight is 170 g/mol. The van der Waals surface area contributed by atoms with Crippen LogP contribution >= 0.6 is 0 Å². The monoisotopic (exact) mass is 170 g/mol. The van der Waals surface area contributed by atoms with Crippen LogP contribution < -0.4 is 10.6 Å². The van der Waals surface area contributed by atoms with E-state index in [9.17, 15) is 4.79 Å². The zero-order valence-electron chi connectivity index (χ0n) is 8.11. The first-order valence-corrected chi connectivity index (χ1v) is 4.69. The SMILES string of the molecule is CCC1(CC)CNC(=O)[C@H](C)N1. The van der Waals surface area contributed by atoms with Crippen LogP contribution in [0.15, 0.2) is 0 Å². The van der Waals surface area contributed by atoms with Crippen molar-refractivity contribution in [1.82, 2.24) is 10.6 Å². The van der Waals surface area contributed by atoms with E-state index in [1.54, 1.807) is 0 Å².